The molecule has 0 unspecified atom stereocenters. The van der Waals surface area contributed by atoms with E-state index in [-0.39, 0.29) is 5.91 Å². The highest BCUT2D eigenvalue weighted by molar-refractivity contribution is 7.21. The lowest BCUT2D eigenvalue weighted by Crippen LogP contribution is -2.11. The van der Waals surface area contributed by atoms with Crippen LogP contribution in [0.15, 0.2) is 36.4 Å². The normalized spacial score (nSPS) is 10.9. The number of fused-ring (bicyclic) bond motifs is 1. The Morgan fingerprint density at radius 1 is 1.22 bits per heavy atom. The Bertz CT molecular complexity index is 843. The summed E-state index contributed by atoms with van der Waals surface area (Å²) in [7, 11) is 0. The molecule has 0 aliphatic carbocycles. The molecule has 0 saturated carbocycles. The molecule has 0 atom stereocenters. The van der Waals surface area contributed by atoms with Crippen molar-refractivity contribution < 1.29 is 4.79 Å². The SMILES string of the molecule is CCCC(=O)Nc1cc(-c2nc3ccccc3s2)c(Cl)cc1Cl. The van der Waals surface area contributed by atoms with E-state index in [0.29, 0.717) is 22.2 Å². The molecule has 0 aliphatic heterocycles. The largest absolute Gasteiger partial charge is 0.325 e. The summed E-state index contributed by atoms with van der Waals surface area (Å²) >= 11 is 14.1. The Hall–Kier alpha value is -1.62. The van der Waals surface area contributed by atoms with Crippen molar-refractivity contribution >= 4 is 56.3 Å². The molecule has 0 aliphatic rings. The van der Waals surface area contributed by atoms with Gasteiger partial charge in [-0.05, 0) is 30.7 Å². The van der Waals surface area contributed by atoms with Gasteiger partial charge >= 0.3 is 0 Å². The molecular formula is C17H14Cl2N2OS. The summed E-state index contributed by atoms with van der Waals surface area (Å²) in [6, 6.07) is 11.3. The number of carbonyl (C=O) groups excluding carboxylic acids is 1. The number of nitrogens with zero attached hydrogens (tertiary/aromatic N) is 1. The number of amides is 1. The van der Waals surface area contributed by atoms with Gasteiger partial charge < -0.3 is 5.32 Å². The van der Waals surface area contributed by atoms with Crippen molar-refractivity contribution in [1.82, 2.24) is 4.98 Å². The van der Waals surface area contributed by atoms with Crippen molar-refractivity contribution in [3.8, 4) is 10.6 Å². The molecule has 3 rings (SSSR count). The van der Waals surface area contributed by atoms with E-state index < -0.39 is 0 Å². The molecule has 3 aromatic rings. The maximum atomic E-state index is 11.8. The lowest BCUT2D eigenvalue weighted by atomic mass is 10.2. The number of nitrogens with one attached hydrogen (secondary N) is 1. The van der Waals surface area contributed by atoms with Crippen LogP contribution in [-0.4, -0.2) is 10.9 Å². The highest BCUT2D eigenvalue weighted by Gasteiger charge is 2.14. The number of aromatic nitrogens is 1. The van der Waals surface area contributed by atoms with Crippen molar-refractivity contribution in [2.75, 3.05) is 5.32 Å². The zero-order valence-corrected chi connectivity index (χ0v) is 14.7. The zero-order chi connectivity index (χ0) is 16.4. The smallest absolute Gasteiger partial charge is 0.224 e. The summed E-state index contributed by atoms with van der Waals surface area (Å²) in [4.78, 5) is 16.4. The molecule has 0 fully saturated rings. The Labute approximate surface area is 148 Å². The fraction of sp³-hybridized carbons (Fsp3) is 0.176. The van der Waals surface area contributed by atoms with Crippen molar-refractivity contribution in [1.29, 1.82) is 0 Å². The standard InChI is InChI=1S/C17H14Cl2N2OS/c1-2-5-16(22)20-14-8-10(11(18)9-12(14)19)17-21-13-6-3-4-7-15(13)23-17/h3-4,6-9H,2,5H2,1H3,(H,20,22). The highest BCUT2D eigenvalue weighted by Crippen LogP contribution is 2.38. The number of hydrogen-bond acceptors (Lipinski definition) is 3. The summed E-state index contributed by atoms with van der Waals surface area (Å²) < 4.78 is 1.09. The number of para-hydroxylation sites is 1. The molecule has 1 aromatic heterocycles. The number of carbonyl (C=O) groups is 1. The van der Waals surface area contributed by atoms with Crippen molar-refractivity contribution in [3.63, 3.8) is 0 Å². The van der Waals surface area contributed by atoms with Gasteiger partial charge in [0.15, 0.2) is 0 Å². The van der Waals surface area contributed by atoms with E-state index >= 15 is 0 Å². The number of thiazole rings is 1. The van der Waals surface area contributed by atoms with E-state index in [2.05, 4.69) is 10.3 Å². The minimum absolute atomic E-state index is 0.0630. The second-order valence-electron chi connectivity index (χ2n) is 5.10. The summed E-state index contributed by atoms with van der Waals surface area (Å²) in [6.07, 6.45) is 1.23. The van der Waals surface area contributed by atoms with E-state index in [0.717, 1.165) is 27.2 Å². The van der Waals surface area contributed by atoms with Crippen molar-refractivity contribution in [3.05, 3.63) is 46.4 Å². The third-order valence-electron chi connectivity index (χ3n) is 3.33. The molecule has 1 amide bonds. The third-order valence-corrected chi connectivity index (χ3v) is 5.03. The van der Waals surface area contributed by atoms with E-state index in [1.165, 1.54) is 0 Å². The first-order chi connectivity index (χ1) is 11.1. The number of halogens is 2. The van der Waals surface area contributed by atoms with Crippen molar-refractivity contribution in [2.24, 2.45) is 0 Å². The van der Waals surface area contributed by atoms with Crippen LogP contribution in [0, 0.1) is 0 Å². The van der Waals surface area contributed by atoms with Gasteiger partial charge in [-0.3, -0.25) is 4.79 Å². The number of benzene rings is 2. The first kappa shape index (κ1) is 16.2. The van der Waals surface area contributed by atoms with Crippen LogP contribution in [0.2, 0.25) is 10.0 Å². The van der Waals surface area contributed by atoms with E-state index in [4.69, 9.17) is 23.2 Å². The average Bonchev–Trinajstić information content (AvgIpc) is 2.94. The van der Waals surface area contributed by atoms with E-state index in [9.17, 15) is 4.79 Å². The summed E-state index contributed by atoms with van der Waals surface area (Å²) in [5.74, 6) is -0.0630. The third kappa shape index (κ3) is 3.50. The highest BCUT2D eigenvalue weighted by atomic mass is 35.5. The van der Waals surface area contributed by atoms with Crippen LogP contribution in [0.3, 0.4) is 0 Å². The second kappa shape index (κ2) is 6.87. The molecule has 6 heteroatoms. The fourth-order valence-corrected chi connectivity index (χ4v) is 3.81. The Kier molecular flexibility index (Phi) is 4.85. The quantitative estimate of drug-likeness (QED) is 0.615. The first-order valence-electron chi connectivity index (χ1n) is 7.23. The lowest BCUT2D eigenvalue weighted by Gasteiger charge is -2.10. The van der Waals surface area contributed by atoms with Crippen molar-refractivity contribution in [2.45, 2.75) is 19.8 Å². The van der Waals surface area contributed by atoms with Crippen LogP contribution in [0.5, 0.6) is 0 Å². The van der Waals surface area contributed by atoms with Gasteiger partial charge in [0.05, 0.1) is 25.9 Å². The average molecular weight is 365 g/mol. The van der Waals surface area contributed by atoms with Crippen LogP contribution >= 0.6 is 34.5 Å². The van der Waals surface area contributed by atoms with Gasteiger partial charge in [-0.1, -0.05) is 42.3 Å². The van der Waals surface area contributed by atoms with Crippen LogP contribution in [-0.2, 0) is 4.79 Å². The fourth-order valence-electron chi connectivity index (χ4n) is 2.24. The van der Waals surface area contributed by atoms with Gasteiger partial charge in [0.1, 0.15) is 5.01 Å². The number of anilines is 1. The molecule has 0 spiro atoms. The van der Waals surface area contributed by atoms with Gasteiger partial charge in [-0.25, -0.2) is 4.98 Å². The Balaban J connectivity index is 2.03. The summed E-state index contributed by atoms with van der Waals surface area (Å²) in [6.45, 7) is 1.95. The van der Waals surface area contributed by atoms with Gasteiger partial charge in [0, 0.05) is 12.0 Å². The molecule has 2 aromatic carbocycles. The van der Waals surface area contributed by atoms with Crippen LogP contribution < -0.4 is 5.32 Å². The predicted molar refractivity (Wildman–Crippen MR) is 98.6 cm³/mol. The van der Waals surface area contributed by atoms with Crippen LogP contribution in [0.25, 0.3) is 20.8 Å². The Morgan fingerprint density at radius 3 is 2.74 bits per heavy atom. The Morgan fingerprint density at radius 2 is 2.00 bits per heavy atom. The minimum Gasteiger partial charge on any atom is -0.325 e. The van der Waals surface area contributed by atoms with Crippen LogP contribution in [0.1, 0.15) is 19.8 Å². The lowest BCUT2D eigenvalue weighted by molar-refractivity contribution is -0.116. The van der Waals surface area contributed by atoms with Crippen LogP contribution in [0.4, 0.5) is 5.69 Å². The number of rotatable bonds is 4. The zero-order valence-electron chi connectivity index (χ0n) is 12.4. The molecule has 0 saturated heterocycles. The summed E-state index contributed by atoms with van der Waals surface area (Å²) in [5, 5.41) is 4.57. The maximum absolute atomic E-state index is 11.8. The summed E-state index contributed by atoms with van der Waals surface area (Å²) in [5.41, 5.74) is 2.25. The van der Waals surface area contributed by atoms with Gasteiger partial charge in [-0.15, -0.1) is 11.3 Å². The van der Waals surface area contributed by atoms with E-state index in [1.54, 1.807) is 23.5 Å². The molecule has 118 valence electrons. The van der Waals surface area contributed by atoms with Gasteiger partial charge in [0.25, 0.3) is 0 Å². The van der Waals surface area contributed by atoms with Gasteiger partial charge in [-0.2, -0.15) is 0 Å². The minimum atomic E-state index is -0.0630. The monoisotopic (exact) mass is 364 g/mol. The molecule has 0 radical (unpaired) electrons. The van der Waals surface area contributed by atoms with Gasteiger partial charge in [0.2, 0.25) is 5.91 Å². The molecule has 23 heavy (non-hydrogen) atoms. The predicted octanol–water partition coefficient (Wildman–Crippen LogP) is 6.01. The number of hydrogen-bond donors (Lipinski definition) is 1. The maximum Gasteiger partial charge on any atom is 0.224 e. The molecule has 1 heterocycles. The molecular weight excluding hydrogens is 351 g/mol. The van der Waals surface area contributed by atoms with E-state index in [1.807, 2.05) is 31.2 Å². The first-order valence-corrected chi connectivity index (χ1v) is 8.80. The second-order valence-corrected chi connectivity index (χ2v) is 6.94. The molecule has 1 N–H and O–H groups in total. The molecule has 3 nitrogen and oxygen atoms in total. The molecule has 0 bridgehead atoms. The topological polar surface area (TPSA) is 42.0 Å².